The Kier molecular flexibility index (Phi) is 5.47. The first-order chi connectivity index (χ1) is 9.54. The molecule has 3 heteroatoms. The van der Waals surface area contributed by atoms with Gasteiger partial charge in [-0.2, -0.15) is 0 Å². The molecule has 0 aliphatic rings. The van der Waals surface area contributed by atoms with E-state index in [1.54, 1.807) is 6.07 Å². The maximum atomic E-state index is 6.20. The lowest BCUT2D eigenvalue weighted by Gasteiger charge is -2.13. The number of hydrogen-bond donors (Lipinski definition) is 1. The standard InChI is InChI=1S/C17H19Cl2N/c1-12-2-4-13(5-3-12)6-8-16(20)11-14-10-15(18)7-9-17(14)19/h2-5,7,9-10,16H,6,8,11,20H2,1H3. The fraction of sp³-hybridized carbons (Fsp3) is 0.294. The summed E-state index contributed by atoms with van der Waals surface area (Å²) in [6.07, 6.45) is 2.68. The Balaban J connectivity index is 1.90. The first-order valence-corrected chi connectivity index (χ1v) is 7.55. The molecule has 0 heterocycles. The van der Waals surface area contributed by atoms with Gasteiger partial charge in [-0.3, -0.25) is 0 Å². The minimum absolute atomic E-state index is 0.0901. The van der Waals surface area contributed by atoms with Crippen LogP contribution in [0.5, 0.6) is 0 Å². The molecule has 0 saturated carbocycles. The Hall–Kier alpha value is -1.02. The summed E-state index contributed by atoms with van der Waals surface area (Å²) in [7, 11) is 0. The van der Waals surface area contributed by atoms with Crippen LogP contribution < -0.4 is 5.73 Å². The second-order valence-corrected chi connectivity index (χ2v) is 6.07. The van der Waals surface area contributed by atoms with Gasteiger partial charge in [-0.05, 0) is 55.5 Å². The lowest BCUT2D eigenvalue weighted by Crippen LogP contribution is -2.23. The molecule has 0 fully saturated rings. The predicted molar refractivity (Wildman–Crippen MR) is 87.6 cm³/mol. The third-order valence-electron chi connectivity index (χ3n) is 3.41. The van der Waals surface area contributed by atoms with E-state index in [0.717, 1.165) is 29.8 Å². The summed E-state index contributed by atoms with van der Waals surface area (Å²) in [5.41, 5.74) is 9.83. The van der Waals surface area contributed by atoms with Crippen LogP contribution in [0.3, 0.4) is 0 Å². The molecule has 20 heavy (non-hydrogen) atoms. The van der Waals surface area contributed by atoms with Gasteiger partial charge in [-0.25, -0.2) is 0 Å². The summed E-state index contributed by atoms with van der Waals surface area (Å²) < 4.78 is 0. The Morgan fingerprint density at radius 3 is 2.45 bits per heavy atom. The number of halogens is 2. The van der Waals surface area contributed by atoms with Crippen molar-refractivity contribution in [2.45, 2.75) is 32.2 Å². The summed E-state index contributed by atoms with van der Waals surface area (Å²) >= 11 is 12.1. The lowest BCUT2D eigenvalue weighted by molar-refractivity contribution is 0.610. The second kappa shape index (κ2) is 7.12. The van der Waals surface area contributed by atoms with Crippen LogP contribution in [-0.4, -0.2) is 6.04 Å². The molecule has 2 rings (SSSR count). The molecule has 0 aliphatic carbocycles. The molecule has 0 aromatic heterocycles. The van der Waals surface area contributed by atoms with Crippen molar-refractivity contribution in [3.8, 4) is 0 Å². The molecular weight excluding hydrogens is 289 g/mol. The van der Waals surface area contributed by atoms with Gasteiger partial charge in [0.1, 0.15) is 0 Å². The Morgan fingerprint density at radius 2 is 1.75 bits per heavy atom. The number of nitrogens with two attached hydrogens (primary N) is 1. The highest BCUT2D eigenvalue weighted by molar-refractivity contribution is 6.33. The molecule has 106 valence electrons. The van der Waals surface area contributed by atoms with Gasteiger partial charge in [0, 0.05) is 16.1 Å². The van der Waals surface area contributed by atoms with E-state index >= 15 is 0 Å². The first-order valence-electron chi connectivity index (χ1n) is 6.79. The first kappa shape index (κ1) is 15.4. The number of benzene rings is 2. The Morgan fingerprint density at radius 1 is 1.05 bits per heavy atom. The van der Waals surface area contributed by atoms with Crippen LogP contribution in [0.2, 0.25) is 10.0 Å². The predicted octanol–water partition coefficient (Wildman–Crippen LogP) is 4.80. The highest BCUT2D eigenvalue weighted by Crippen LogP contribution is 2.22. The molecule has 0 bridgehead atoms. The zero-order valence-electron chi connectivity index (χ0n) is 11.6. The van der Waals surface area contributed by atoms with Gasteiger partial charge >= 0.3 is 0 Å². The SMILES string of the molecule is Cc1ccc(CCC(N)Cc2cc(Cl)ccc2Cl)cc1. The Labute approximate surface area is 130 Å². The molecular formula is C17H19Cl2N. The average molecular weight is 308 g/mol. The van der Waals surface area contributed by atoms with Crippen molar-refractivity contribution in [2.24, 2.45) is 5.73 Å². The van der Waals surface area contributed by atoms with Crippen LogP contribution in [0.15, 0.2) is 42.5 Å². The third-order valence-corrected chi connectivity index (χ3v) is 4.02. The smallest absolute Gasteiger partial charge is 0.0439 e. The largest absolute Gasteiger partial charge is 0.327 e. The maximum absolute atomic E-state index is 6.20. The molecule has 0 amide bonds. The number of rotatable bonds is 5. The fourth-order valence-electron chi connectivity index (χ4n) is 2.19. The van der Waals surface area contributed by atoms with Crippen LogP contribution in [0.1, 0.15) is 23.1 Å². The molecule has 0 aliphatic heterocycles. The summed E-state index contributed by atoms with van der Waals surface area (Å²) in [5.74, 6) is 0. The molecule has 2 aromatic carbocycles. The van der Waals surface area contributed by atoms with Crippen molar-refractivity contribution >= 4 is 23.2 Å². The quantitative estimate of drug-likeness (QED) is 0.843. The van der Waals surface area contributed by atoms with Crippen LogP contribution in [0, 0.1) is 6.92 Å². The normalized spacial score (nSPS) is 12.4. The van der Waals surface area contributed by atoms with E-state index in [0.29, 0.717) is 5.02 Å². The summed E-state index contributed by atoms with van der Waals surface area (Å²) in [6, 6.07) is 14.2. The molecule has 0 radical (unpaired) electrons. The minimum atomic E-state index is 0.0901. The van der Waals surface area contributed by atoms with Gasteiger partial charge in [0.2, 0.25) is 0 Å². The van der Waals surface area contributed by atoms with Crippen molar-refractivity contribution in [1.82, 2.24) is 0 Å². The van der Waals surface area contributed by atoms with E-state index in [4.69, 9.17) is 28.9 Å². The van der Waals surface area contributed by atoms with Gasteiger partial charge < -0.3 is 5.73 Å². The molecule has 1 unspecified atom stereocenters. The molecule has 1 nitrogen and oxygen atoms in total. The van der Waals surface area contributed by atoms with Crippen molar-refractivity contribution in [1.29, 1.82) is 0 Å². The Bertz CT molecular complexity index is 564. The molecule has 2 N–H and O–H groups in total. The van der Waals surface area contributed by atoms with Crippen LogP contribution in [0.25, 0.3) is 0 Å². The molecule has 0 saturated heterocycles. The van der Waals surface area contributed by atoms with Gasteiger partial charge in [0.05, 0.1) is 0 Å². The monoisotopic (exact) mass is 307 g/mol. The van der Waals surface area contributed by atoms with Crippen LogP contribution in [0.4, 0.5) is 0 Å². The summed E-state index contributed by atoms with van der Waals surface area (Å²) in [6.45, 7) is 2.09. The van der Waals surface area contributed by atoms with E-state index in [-0.39, 0.29) is 6.04 Å². The van der Waals surface area contributed by atoms with Crippen molar-refractivity contribution in [2.75, 3.05) is 0 Å². The second-order valence-electron chi connectivity index (χ2n) is 5.22. The van der Waals surface area contributed by atoms with Crippen molar-refractivity contribution < 1.29 is 0 Å². The summed E-state index contributed by atoms with van der Waals surface area (Å²) in [4.78, 5) is 0. The number of hydrogen-bond acceptors (Lipinski definition) is 1. The minimum Gasteiger partial charge on any atom is -0.327 e. The van der Waals surface area contributed by atoms with Crippen LogP contribution >= 0.6 is 23.2 Å². The van der Waals surface area contributed by atoms with E-state index in [1.807, 2.05) is 12.1 Å². The topological polar surface area (TPSA) is 26.0 Å². The average Bonchev–Trinajstić information content (AvgIpc) is 2.42. The van der Waals surface area contributed by atoms with E-state index in [2.05, 4.69) is 31.2 Å². The van der Waals surface area contributed by atoms with Gasteiger partial charge in [0.15, 0.2) is 0 Å². The van der Waals surface area contributed by atoms with Gasteiger partial charge in [-0.1, -0.05) is 53.0 Å². The fourth-order valence-corrected chi connectivity index (χ4v) is 2.58. The zero-order chi connectivity index (χ0) is 14.5. The maximum Gasteiger partial charge on any atom is 0.0439 e. The van der Waals surface area contributed by atoms with Crippen molar-refractivity contribution in [3.63, 3.8) is 0 Å². The van der Waals surface area contributed by atoms with Gasteiger partial charge in [-0.15, -0.1) is 0 Å². The molecule has 1 atom stereocenters. The van der Waals surface area contributed by atoms with E-state index in [1.165, 1.54) is 11.1 Å². The number of aryl methyl sites for hydroxylation is 2. The third kappa shape index (κ3) is 4.52. The van der Waals surface area contributed by atoms with Gasteiger partial charge in [0.25, 0.3) is 0 Å². The summed E-state index contributed by atoms with van der Waals surface area (Å²) in [5, 5.41) is 1.44. The lowest BCUT2D eigenvalue weighted by atomic mass is 9.99. The van der Waals surface area contributed by atoms with E-state index < -0.39 is 0 Å². The van der Waals surface area contributed by atoms with Crippen LogP contribution in [-0.2, 0) is 12.8 Å². The highest BCUT2D eigenvalue weighted by Gasteiger charge is 2.08. The van der Waals surface area contributed by atoms with E-state index in [9.17, 15) is 0 Å². The zero-order valence-corrected chi connectivity index (χ0v) is 13.1. The highest BCUT2D eigenvalue weighted by atomic mass is 35.5. The molecule has 2 aromatic rings. The molecule has 0 spiro atoms. The van der Waals surface area contributed by atoms with Crippen molar-refractivity contribution in [3.05, 3.63) is 69.2 Å².